The molecule has 0 saturated carbocycles. The van der Waals surface area contributed by atoms with E-state index < -0.39 is 20.2 Å². The molecular formula is C39H51N2O7S2+. The Morgan fingerprint density at radius 3 is 2.12 bits per heavy atom. The van der Waals surface area contributed by atoms with Crippen LogP contribution in [0, 0.1) is 0 Å². The molecule has 0 bridgehead atoms. The summed E-state index contributed by atoms with van der Waals surface area (Å²) in [6, 6.07) is 16.7. The molecule has 0 unspecified atom stereocenters. The maximum atomic E-state index is 11.3. The van der Waals surface area contributed by atoms with Crippen LogP contribution in [-0.4, -0.2) is 67.9 Å². The molecule has 2 aliphatic heterocycles. The van der Waals surface area contributed by atoms with Crippen LogP contribution in [0.1, 0.15) is 83.8 Å². The maximum absolute atomic E-state index is 11.3. The Bertz CT molecular complexity index is 1980. The Kier molecular flexibility index (Phi) is 11.3. The predicted molar refractivity (Wildman–Crippen MR) is 201 cm³/mol. The first-order valence-electron chi connectivity index (χ1n) is 17.4. The topological polar surface area (TPSA) is 124 Å². The highest BCUT2D eigenvalue weighted by Gasteiger charge is 2.44. The molecule has 11 heteroatoms. The van der Waals surface area contributed by atoms with Crippen molar-refractivity contribution in [2.75, 3.05) is 36.6 Å². The molecule has 0 saturated heterocycles. The normalized spacial score (nSPS) is 20.3. The van der Waals surface area contributed by atoms with Gasteiger partial charge in [0.15, 0.2) is 5.71 Å². The summed E-state index contributed by atoms with van der Waals surface area (Å²) in [4.78, 5) is 2.28. The number of nitrogens with zero attached hydrogens (tertiary/aromatic N) is 2. The molecule has 3 aliphatic rings. The molecule has 2 N–H and O–H groups in total. The lowest BCUT2D eigenvalue weighted by molar-refractivity contribution is -0.438. The standard InChI is InChI=1S/C39H50N2O7S2/c1-38(2)31-17-6-8-19-33(31)40(25-10-12-27-49(42,43)44)35(38)23-21-29-15-14-16-30(37(29)48-5)22-24-36-39(3,4)32-18-7-9-20-34(32)41(36)26-11-13-28-50(45,46)47/h6-9,17-24H,10-16,25-28H2,1-5H3,(H-,42,43,44,45,46,47)/p+1. The van der Waals surface area contributed by atoms with Crippen LogP contribution in [0.4, 0.5) is 11.4 Å². The molecule has 2 aromatic rings. The summed E-state index contributed by atoms with van der Waals surface area (Å²) in [6.45, 7) is 10.1. The van der Waals surface area contributed by atoms with Crippen molar-refractivity contribution >= 4 is 37.3 Å². The van der Waals surface area contributed by atoms with Crippen LogP contribution in [0.15, 0.2) is 95.4 Å². The highest BCUT2D eigenvalue weighted by atomic mass is 32.2. The third kappa shape index (κ3) is 8.33. The van der Waals surface area contributed by atoms with Crippen molar-refractivity contribution in [2.24, 2.45) is 0 Å². The van der Waals surface area contributed by atoms with E-state index in [-0.39, 0.29) is 22.3 Å². The number of para-hydroxylation sites is 2. The second kappa shape index (κ2) is 15.0. The average molecular weight is 724 g/mol. The molecule has 9 nitrogen and oxygen atoms in total. The fourth-order valence-electron chi connectivity index (χ4n) is 7.71. The number of hydrogen-bond acceptors (Lipinski definition) is 6. The van der Waals surface area contributed by atoms with Crippen molar-refractivity contribution in [3.63, 3.8) is 0 Å². The number of rotatable bonds is 14. The zero-order valence-electron chi connectivity index (χ0n) is 29.9. The third-order valence-corrected chi connectivity index (χ3v) is 11.8. The number of ether oxygens (including phenoxy) is 1. The van der Waals surface area contributed by atoms with E-state index in [4.69, 9.17) is 4.74 Å². The molecule has 270 valence electrons. The number of allylic oxidation sites excluding steroid dienone is 7. The molecule has 2 heterocycles. The van der Waals surface area contributed by atoms with Crippen molar-refractivity contribution in [3.05, 3.63) is 107 Å². The molecular weight excluding hydrogens is 673 g/mol. The zero-order valence-corrected chi connectivity index (χ0v) is 31.5. The summed E-state index contributed by atoms with van der Waals surface area (Å²) in [7, 11) is -6.28. The summed E-state index contributed by atoms with van der Waals surface area (Å²) < 4.78 is 72.2. The Balaban J connectivity index is 1.46. The van der Waals surface area contributed by atoms with E-state index in [9.17, 15) is 25.9 Å². The second-order valence-corrected chi connectivity index (χ2v) is 17.6. The van der Waals surface area contributed by atoms with Gasteiger partial charge in [-0.3, -0.25) is 9.11 Å². The fraction of sp³-hybridized carbons (Fsp3) is 0.462. The predicted octanol–water partition coefficient (Wildman–Crippen LogP) is 7.65. The second-order valence-electron chi connectivity index (χ2n) is 14.4. The minimum atomic E-state index is -4.00. The van der Waals surface area contributed by atoms with Crippen LogP contribution in [0.25, 0.3) is 0 Å². The van der Waals surface area contributed by atoms with E-state index >= 15 is 0 Å². The van der Waals surface area contributed by atoms with Crippen LogP contribution in [-0.2, 0) is 35.8 Å². The molecule has 0 amide bonds. The number of anilines is 1. The van der Waals surface area contributed by atoms with E-state index in [0.29, 0.717) is 38.8 Å². The van der Waals surface area contributed by atoms with Gasteiger partial charge in [-0.1, -0.05) is 56.3 Å². The van der Waals surface area contributed by atoms with Gasteiger partial charge in [0.25, 0.3) is 20.2 Å². The quantitative estimate of drug-likeness (QED) is 0.116. The number of benzene rings is 2. The number of unbranched alkanes of at least 4 members (excludes halogenated alkanes) is 2. The smallest absolute Gasteiger partial charge is 0.264 e. The Morgan fingerprint density at radius 1 is 0.800 bits per heavy atom. The first kappa shape index (κ1) is 37.7. The minimum absolute atomic E-state index is 0.249. The van der Waals surface area contributed by atoms with Crippen LogP contribution >= 0.6 is 0 Å². The van der Waals surface area contributed by atoms with Gasteiger partial charge in [-0.2, -0.15) is 21.4 Å². The van der Waals surface area contributed by atoms with Crippen LogP contribution in [0.3, 0.4) is 0 Å². The molecule has 0 aromatic heterocycles. The maximum Gasteiger partial charge on any atom is 0.264 e. The lowest BCUT2D eigenvalue weighted by atomic mass is 9.81. The summed E-state index contributed by atoms with van der Waals surface area (Å²) in [5.41, 5.74) is 8.61. The molecule has 0 fully saturated rings. The van der Waals surface area contributed by atoms with Gasteiger partial charge < -0.3 is 9.64 Å². The lowest BCUT2D eigenvalue weighted by Gasteiger charge is -2.27. The summed E-state index contributed by atoms with van der Waals surface area (Å²) in [5, 5.41) is 0. The summed E-state index contributed by atoms with van der Waals surface area (Å²) in [6.07, 6.45) is 13.4. The van der Waals surface area contributed by atoms with Gasteiger partial charge in [0, 0.05) is 47.5 Å². The van der Waals surface area contributed by atoms with Crippen molar-refractivity contribution in [1.29, 1.82) is 0 Å². The molecule has 50 heavy (non-hydrogen) atoms. The fourth-order valence-corrected chi connectivity index (χ4v) is 8.85. The van der Waals surface area contributed by atoms with Crippen molar-refractivity contribution < 1.29 is 35.3 Å². The van der Waals surface area contributed by atoms with E-state index in [1.165, 1.54) is 11.1 Å². The number of hydrogen-bond donors (Lipinski definition) is 2. The van der Waals surface area contributed by atoms with Crippen molar-refractivity contribution in [3.8, 4) is 0 Å². The van der Waals surface area contributed by atoms with E-state index in [1.807, 2.05) is 24.3 Å². The molecule has 0 radical (unpaired) electrons. The lowest BCUT2D eigenvalue weighted by Crippen LogP contribution is -2.28. The van der Waals surface area contributed by atoms with E-state index in [0.717, 1.165) is 59.0 Å². The number of methoxy groups -OCH3 is 1. The zero-order chi connectivity index (χ0) is 36.3. The van der Waals surface area contributed by atoms with E-state index in [2.05, 4.69) is 85.7 Å². The highest BCUT2D eigenvalue weighted by molar-refractivity contribution is 7.86. The first-order chi connectivity index (χ1) is 23.5. The largest absolute Gasteiger partial charge is 0.496 e. The van der Waals surface area contributed by atoms with Gasteiger partial charge >= 0.3 is 0 Å². The summed E-state index contributed by atoms with van der Waals surface area (Å²) >= 11 is 0. The monoisotopic (exact) mass is 723 g/mol. The Morgan fingerprint density at radius 2 is 1.44 bits per heavy atom. The van der Waals surface area contributed by atoms with Crippen molar-refractivity contribution in [2.45, 2.75) is 83.5 Å². The minimum Gasteiger partial charge on any atom is -0.496 e. The van der Waals surface area contributed by atoms with Gasteiger partial charge in [-0.15, -0.1) is 0 Å². The molecule has 5 rings (SSSR count). The van der Waals surface area contributed by atoms with Gasteiger partial charge in [-0.25, -0.2) is 0 Å². The van der Waals surface area contributed by atoms with Gasteiger partial charge in [0.05, 0.1) is 24.0 Å². The SMILES string of the molecule is COC1=C(/C=C/C2=[N+](CCCCS(=O)(=O)O)c3ccccc3C2(C)C)CCC/C1=C\C=C1\N(CCCCS(=O)(=O)O)c2ccccc2C1(C)C. The van der Waals surface area contributed by atoms with Crippen LogP contribution < -0.4 is 4.90 Å². The molecule has 2 aromatic carbocycles. The van der Waals surface area contributed by atoms with Gasteiger partial charge in [0.1, 0.15) is 12.3 Å². The summed E-state index contributed by atoms with van der Waals surface area (Å²) in [5.74, 6) is 0.370. The van der Waals surface area contributed by atoms with Gasteiger partial charge in [0.2, 0.25) is 5.69 Å². The Hall–Kier alpha value is -3.51. The number of fused-ring (bicyclic) bond motifs is 2. The van der Waals surface area contributed by atoms with E-state index in [1.54, 1.807) is 7.11 Å². The highest BCUT2D eigenvalue weighted by Crippen LogP contribution is 2.48. The van der Waals surface area contributed by atoms with Crippen LogP contribution in [0.5, 0.6) is 0 Å². The third-order valence-electron chi connectivity index (χ3n) is 10.2. The van der Waals surface area contributed by atoms with Crippen molar-refractivity contribution in [1.82, 2.24) is 0 Å². The average Bonchev–Trinajstić information content (AvgIpc) is 3.40. The Labute approximate surface area is 298 Å². The molecule has 0 atom stereocenters. The van der Waals surface area contributed by atoms with Gasteiger partial charge in [-0.05, 0) is 87.3 Å². The van der Waals surface area contributed by atoms with Crippen LogP contribution in [0.2, 0.25) is 0 Å². The molecule has 1 aliphatic carbocycles. The first-order valence-corrected chi connectivity index (χ1v) is 20.6. The molecule has 0 spiro atoms.